The summed E-state index contributed by atoms with van der Waals surface area (Å²) in [6, 6.07) is 12.5. The zero-order valence-electron chi connectivity index (χ0n) is 18.8. The van der Waals surface area contributed by atoms with Crippen molar-refractivity contribution in [2.75, 3.05) is 27.9 Å². The Morgan fingerprint density at radius 3 is 2.67 bits per heavy atom. The maximum absolute atomic E-state index is 13.2. The number of benzene rings is 2. The Bertz CT molecular complexity index is 1320. The van der Waals surface area contributed by atoms with Gasteiger partial charge in [0.25, 0.3) is 5.56 Å². The van der Waals surface area contributed by atoms with Crippen LogP contribution in [0, 0.1) is 0 Å². The molecule has 0 N–H and O–H groups in total. The van der Waals surface area contributed by atoms with Gasteiger partial charge < -0.3 is 18.7 Å². The Morgan fingerprint density at radius 2 is 1.91 bits per heavy atom. The molecule has 33 heavy (non-hydrogen) atoms. The molecule has 2 aromatic heterocycles. The molecule has 0 aliphatic carbocycles. The Kier molecular flexibility index (Phi) is 6.95. The van der Waals surface area contributed by atoms with Gasteiger partial charge in [-0.15, -0.1) is 0 Å². The fourth-order valence-electron chi connectivity index (χ4n) is 3.46. The SMILES string of the molecule is COC[C@@H](C)n1c(SCc2nc(-c3ccc(OC)cc3OC)no2)nc2ccccc2c1=O. The van der Waals surface area contributed by atoms with Crippen molar-refractivity contribution < 1.29 is 18.7 Å². The number of ether oxygens (including phenoxy) is 3. The average molecular weight is 469 g/mol. The van der Waals surface area contributed by atoms with Crippen LogP contribution in [0.2, 0.25) is 0 Å². The van der Waals surface area contributed by atoms with E-state index < -0.39 is 0 Å². The van der Waals surface area contributed by atoms with Gasteiger partial charge >= 0.3 is 0 Å². The molecule has 0 radical (unpaired) electrons. The monoisotopic (exact) mass is 468 g/mol. The summed E-state index contributed by atoms with van der Waals surface area (Å²) >= 11 is 1.36. The maximum atomic E-state index is 13.2. The molecular weight excluding hydrogens is 444 g/mol. The van der Waals surface area contributed by atoms with Gasteiger partial charge in [0.05, 0.1) is 49.1 Å². The highest BCUT2D eigenvalue weighted by Crippen LogP contribution is 2.32. The highest BCUT2D eigenvalue weighted by atomic mass is 32.2. The third-order valence-corrected chi connectivity index (χ3v) is 6.00. The summed E-state index contributed by atoms with van der Waals surface area (Å²) in [6.45, 7) is 2.31. The minimum absolute atomic E-state index is 0.109. The first-order valence-corrected chi connectivity index (χ1v) is 11.2. The smallest absolute Gasteiger partial charge is 0.262 e. The molecule has 1 atom stereocenters. The molecule has 172 valence electrons. The third kappa shape index (κ3) is 4.71. The number of aromatic nitrogens is 4. The molecule has 4 aromatic rings. The number of rotatable bonds is 9. The van der Waals surface area contributed by atoms with Crippen LogP contribution in [0.3, 0.4) is 0 Å². The van der Waals surface area contributed by atoms with Crippen LogP contribution in [0.4, 0.5) is 0 Å². The van der Waals surface area contributed by atoms with E-state index in [1.165, 1.54) is 11.8 Å². The standard InChI is InChI=1S/C23H24N4O5S/c1-14(12-29-2)27-22(28)16-7-5-6-8-18(16)24-23(27)33-13-20-25-21(26-32-20)17-10-9-15(30-3)11-19(17)31-4/h5-11,14H,12-13H2,1-4H3/t14-/m1/s1. The van der Waals surface area contributed by atoms with Gasteiger partial charge in [-0.25, -0.2) is 4.98 Å². The van der Waals surface area contributed by atoms with E-state index in [9.17, 15) is 4.79 Å². The van der Waals surface area contributed by atoms with Crippen molar-refractivity contribution in [3.8, 4) is 22.9 Å². The number of para-hydroxylation sites is 1. The molecule has 2 heterocycles. The van der Waals surface area contributed by atoms with Crippen LogP contribution in [-0.4, -0.2) is 47.6 Å². The van der Waals surface area contributed by atoms with E-state index in [1.54, 1.807) is 44.1 Å². The Balaban J connectivity index is 1.63. The topological polar surface area (TPSA) is 102 Å². The van der Waals surface area contributed by atoms with Gasteiger partial charge in [0.1, 0.15) is 11.5 Å². The van der Waals surface area contributed by atoms with E-state index in [1.807, 2.05) is 31.2 Å². The average Bonchev–Trinajstić information content (AvgIpc) is 3.31. The second-order valence-corrected chi connectivity index (χ2v) is 8.20. The maximum Gasteiger partial charge on any atom is 0.262 e. The molecule has 0 fully saturated rings. The predicted molar refractivity (Wildman–Crippen MR) is 125 cm³/mol. The quantitative estimate of drug-likeness (QED) is 0.267. The highest BCUT2D eigenvalue weighted by molar-refractivity contribution is 7.98. The van der Waals surface area contributed by atoms with E-state index in [0.717, 1.165) is 0 Å². The summed E-state index contributed by atoms with van der Waals surface area (Å²) in [5, 5.41) is 5.21. The van der Waals surface area contributed by atoms with Gasteiger partial charge in [0.2, 0.25) is 11.7 Å². The number of hydrogen-bond acceptors (Lipinski definition) is 9. The predicted octanol–water partition coefficient (Wildman–Crippen LogP) is 3.96. The van der Waals surface area contributed by atoms with Crippen molar-refractivity contribution in [2.45, 2.75) is 23.9 Å². The Morgan fingerprint density at radius 1 is 1.09 bits per heavy atom. The number of nitrogens with zero attached hydrogens (tertiary/aromatic N) is 4. The summed E-state index contributed by atoms with van der Waals surface area (Å²) in [5.74, 6) is 2.40. The van der Waals surface area contributed by atoms with Crippen molar-refractivity contribution in [1.82, 2.24) is 19.7 Å². The number of fused-ring (bicyclic) bond motifs is 1. The van der Waals surface area contributed by atoms with E-state index in [-0.39, 0.29) is 11.6 Å². The fourth-order valence-corrected chi connectivity index (χ4v) is 4.40. The molecule has 10 heteroatoms. The summed E-state index contributed by atoms with van der Waals surface area (Å²) in [4.78, 5) is 22.4. The van der Waals surface area contributed by atoms with Gasteiger partial charge in [-0.05, 0) is 31.2 Å². The van der Waals surface area contributed by atoms with Gasteiger partial charge in [-0.1, -0.05) is 29.1 Å². The van der Waals surface area contributed by atoms with Crippen LogP contribution < -0.4 is 15.0 Å². The molecule has 2 aromatic carbocycles. The summed E-state index contributed by atoms with van der Waals surface area (Å²) in [7, 11) is 4.77. The lowest BCUT2D eigenvalue weighted by Gasteiger charge is -2.18. The number of hydrogen-bond donors (Lipinski definition) is 0. The lowest BCUT2D eigenvalue weighted by Crippen LogP contribution is -2.28. The summed E-state index contributed by atoms with van der Waals surface area (Å²) < 4.78 is 23.1. The second kappa shape index (κ2) is 10.1. The lowest BCUT2D eigenvalue weighted by molar-refractivity contribution is 0.156. The minimum atomic E-state index is -0.191. The molecule has 0 bridgehead atoms. The van der Waals surface area contributed by atoms with Crippen LogP contribution >= 0.6 is 11.8 Å². The number of thioether (sulfide) groups is 1. The molecule has 0 aliphatic rings. The van der Waals surface area contributed by atoms with Crippen molar-refractivity contribution in [3.63, 3.8) is 0 Å². The highest BCUT2D eigenvalue weighted by Gasteiger charge is 2.19. The first-order valence-electron chi connectivity index (χ1n) is 10.2. The van der Waals surface area contributed by atoms with Crippen LogP contribution in [-0.2, 0) is 10.5 Å². The van der Waals surface area contributed by atoms with Gasteiger partial charge in [0.15, 0.2) is 5.16 Å². The number of methoxy groups -OCH3 is 3. The molecule has 0 unspecified atom stereocenters. The van der Waals surface area contributed by atoms with Gasteiger partial charge in [-0.3, -0.25) is 9.36 Å². The molecule has 4 rings (SSSR count). The molecule has 0 spiro atoms. The third-order valence-electron chi connectivity index (χ3n) is 5.07. The lowest BCUT2D eigenvalue weighted by atomic mass is 10.2. The van der Waals surface area contributed by atoms with Gasteiger partial charge in [-0.2, -0.15) is 4.98 Å². The van der Waals surface area contributed by atoms with E-state index in [4.69, 9.17) is 23.7 Å². The molecule has 0 amide bonds. The van der Waals surface area contributed by atoms with Crippen molar-refractivity contribution >= 4 is 22.7 Å². The van der Waals surface area contributed by atoms with Crippen molar-refractivity contribution in [2.24, 2.45) is 0 Å². The molecule has 0 saturated carbocycles. The van der Waals surface area contributed by atoms with E-state index >= 15 is 0 Å². The van der Waals surface area contributed by atoms with Crippen molar-refractivity contribution in [1.29, 1.82) is 0 Å². The first kappa shape index (κ1) is 22.8. The molecule has 9 nitrogen and oxygen atoms in total. The van der Waals surface area contributed by atoms with Gasteiger partial charge in [0, 0.05) is 13.2 Å². The first-order chi connectivity index (χ1) is 16.0. The van der Waals surface area contributed by atoms with Crippen LogP contribution in [0.1, 0.15) is 18.9 Å². The zero-order valence-corrected chi connectivity index (χ0v) is 19.6. The van der Waals surface area contributed by atoms with E-state index in [0.29, 0.717) is 57.2 Å². The minimum Gasteiger partial charge on any atom is -0.497 e. The summed E-state index contributed by atoms with van der Waals surface area (Å²) in [6.07, 6.45) is 0. The van der Waals surface area contributed by atoms with Crippen LogP contribution in [0.25, 0.3) is 22.3 Å². The van der Waals surface area contributed by atoms with Crippen molar-refractivity contribution in [3.05, 3.63) is 58.7 Å². The normalized spacial score (nSPS) is 12.1. The molecular formula is C23H24N4O5S. The largest absolute Gasteiger partial charge is 0.497 e. The second-order valence-electron chi connectivity index (χ2n) is 7.26. The molecule has 0 aliphatic heterocycles. The zero-order chi connectivity index (χ0) is 23.4. The summed E-state index contributed by atoms with van der Waals surface area (Å²) in [5.41, 5.74) is 1.22. The van der Waals surface area contributed by atoms with Crippen LogP contribution in [0.5, 0.6) is 11.5 Å². The Labute approximate surface area is 194 Å². The van der Waals surface area contributed by atoms with Crippen LogP contribution in [0.15, 0.2) is 56.9 Å². The Hall–Kier alpha value is -3.37. The molecule has 0 saturated heterocycles. The van der Waals surface area contributed by atoms with E-state index in [2.05, 4.69) is 10.1 Å². The fraction of sp³-hybridized carbons (Fsp3) is 0.304.